The van der Waals surface area contributed by atoms with Crippen LogP contribution in [0.15, 0.2) is 18.2 Å². The SMILES string of the molecule is CN1CC[C@]23CC(C(N)=O)C[C@@]2(O)[C@H]1Cc1ccc(O)cc13. The van der Waals surface area contributed by atoms with Crippen molar-refractivity contribution in [3.63, 3.8) is 0 Å². The van der Waals surface area contributed by atoms with Gasteiger partial charge in [-0.25, -0.2) is 0 Å². The lowest BCUT2D eigenvalue weighted by Gasteiger charge is -2.58. The van der Waals surface area contributed by atoms with Crippen molar-refractivity contribution in [1.29, 1.82) is 0 Å². The van der Waals surface area contributed by atoms with E-state index in [-0.39, 0.29) is 23.6 Å². The number of nitrogens with two attached hydrogens (primary N) is 1. The normalized spacial score (nSPS) is 40.1. The minimum absolute atomic E-state index is 0.00245. The third kappa shape index (κ3) is 1.53. The van der Waals surface area contributed by atoms with Crippen molar-refractivity contribution in [2.75, 3.05) is 13.6 Å². The van der Waals surface area contributed by atoms with Gasteiger partial charge in [0, 0.05) is 17.4 Å². The average molecular weight is 302 g/mol. The van der Waals surface area contributed by atoms with Crippen molar-refractivity contribution < 1.29 is 15.0 Å². The van der Waals surface area contributed by atoms with Crippen LogP contribution in [-0.4, -0.2) is 46.3 Å². The number of benzene rings is 1. The van der Waals surface area contributed by atoms with Crippen LogP contribution in [0, 0.1) is 5.92 Å². The van der Waals surface area contributed by atoms with E-state index in [4.69, 9.17) is 5.73 Å². The summed E-state index contributed by atoms with van der Waals surface area (Å²) in [5.74, 6) is -0.408. The molecule has 4 atom stereocenters. The summed E-state index contributed by atoms with van der Waals surface area (Å²) in [4.78, 5) is 14.0. The number of carbonyl (C=O) groups is 1. The van der Waals surface area contributed by atoms with Crippen molar-refractivity contribution >= 4 is 5.91 Å². The highest BCUT2D eigenvalue weighted by molar-refractivity contribution is 5.78. The number of fused-ring (bicyclic) bond motifs is 1. The molecule has 3 aliphatic rings. The minimum Gasteiger partial charge on any atom is -0.508 e. The van der Waals surface area contributed by atoms with E-state index in [9.17, 15) is 15.0 Å². The summed E-state index contributed by atoms with van der Waals surface area (Å²) < 4.78 is 0. The predicted octanol–water partition coefficient (Wildman–Crippen LogP) is 0.517. The Balaban J connectivity index is 1.94. The van der Waals surface area contributed by atoms with Crippen molar-refractivity contribution in [1.82, 2.24) is 4.90 Å². The third-order valence-corrected chi connectivity index (χ3v) is 6.38. The average Bonchev–Trinajstić information content (AvgIpc) is 2.79. The molecule has 5 heteroatoms. The summed E-state index contributed by atoms with van der Waals surface area (Å²) in [7, 11) is 2.04. The van der Waals surface area contributed by atoms with E-state index in [1.165, 1.54) is 5.56 Å². The molecule has 1 aliphatic heterocycles. The Morgan fingerprint density at radius 1 is 1.41 bits per heavy atom. The second-order valence-corrected chi connectivity index (χ2v) is 7.31. The zero-order valence-electron chi connectivity index (χ0n) is 12.7. The molecule has 2 aliphatic carbocycles. The van der Waals surface area contributed by atoms with Crippen molar-refractivity contribution in [2.45, 2.75) is 42.7 Å². The number of carbonyl (C=O) groups excluding carboxylic acids is 1. The van der Waals surface area contributed by atoms with Crippen LogP contribution < -0.4 is 5.73 Å². The van der Waals surface area contributed by atoms with Gasteiger partial charge in [0.1, 0.15) is 5.75 Å². The molecule has 0 radical (unpaired) electrons. The molecule has 1 unspecified atom stereocenters. The molecular weight excluding hydrogens is 280 g/mol. The van der Waals surface area contributed by atoms with E-state index in [2.05, 4.69) is 4.90 Å². The highest BCUT2D eigenvalue weighted by Crippen LogP contribution is 2.61. The maximum atomic E-state index is 11.8. The van der Waals surface area contributed by atoms with Crippen LogP contribution in [0.4, 0.5) is 0 Å². The maximum absolute atomic E-state index is 11.8. The molecule has 1 aromatic carbocycles. The van der Waals surface area contributed by atoms with Crippen molar-refractivity contribution in [3.05, 3.63) is 29.3 Å². The van der Waals surface area contributed by atoms with Crippen LogP contribution >= 0.6 is 0 Å². The lowest BCUT2D eigenvalue weighted by Crippen LogP contribution is -2.68. The van der Waals surface area contributed by atoms with Gasteiger partial charge in [0.2, 0.25) is 5.91 Å². The molecule has 1 saturated heterocycles. The van der Waals surface area contributed by atoms with Gasteiger partial charge in [0.25, 0.3) is 0 Å². The number of amides is 1. The molecule has 1 saturated carbocycles. The van der Waals surface area contributed by atoms with E-state index in [0.29, 0.717) is 12.8 Å². The quantitative estimate of drug-likeness (QED) is 0.706. The minimum atomic E-state index is -0.944. The molecule has 22 heavy (non-hydrogen) atoms. The Morgan fingerprint density at radius 3 is 2.91 bits per heavy atom. The Labute approximate surface area is 129 Å². The summed E-state index contributed by atoms with van der Waals surface area (Å²) in [6, 6.07) is 5.44. The topological polar surface area (TPSA) is 86.8 Å². The van der Waals surface area contributed by atoms with E-state index < -0.39 is 11.0 Å². The summed E-state index contributed by atoms with van der Waals surface area (Å²) >= 11 is 0. The number of hydrogen-bond acceptors (Lipinski definition) is 4. The van der Waals surface area contributed by atoms with Gasteiger partial charge in [-0.05, 0) is 62.5 Å². The lowest BCUT2D eigenvalue weighted by molar-refractivity contribution is -0.128. The Bertz CT molecular complexity index is 661. The number of aromatic hydroxyl groups is 1. The van der Waals surface area contributed by atoms with Gasteiger partial charge in [-0.1, -0.05) is 6.07 Å². The fraction of sp³-hybridized carbons (Fsp3) is 0.588. The number of likely N-dealkylation sites (tertiary alicyclic amines) is 1. The van der Waals surface area contributed by atoms with Gasteiger partial charge >= 0.3 is 0 Å². The van der Waals surface area contributed by atoms with Crippen LogP contribution in [0.2, 0.25) is 0 Å². The van der Waals surface area contributed by atoms with Gasteiger partial charge < -0.3 is 20.8 Å². The van der Waals surface area contributed by atoms with Gasteiger partial charge in [0.15, 0.2) is 0 Å². The lowest BCUT2D eigenvalue weighted by atomic mass is 9.56. The fourth-order valence-electron chi connectivity index (χ4n) is 5.30. The van der Waals surface area contributed by atoms with Crippen molar-refractivity contribution in [3.8, 4) is 5.75 Å². The molecule has 118 valence electrons. The molecule has 1 amide bonds. The molecule has 1 aromatic rings. The molecule has 0 aromatic heterocycles. The summed E-state index contributed by atoms with van der Waals surface area (Å²) in [5.41, 5.74) is 6.34. The highest BCUT2D eigenvalue weighted by Gasteiger charge is 2.67. The molecule has 2 fully saturated rings. The van der Waals surface area contributed by atoms with E-state index in [0.717, 1.165) is 24.9 Å². The van der Waals surface area contributed by atoms with Crippen LogP contribution in [0.3, 0.4) is 0 Å². The number of rotatable bonds is 1. The number of nitrogens with zero attached hydrogens (tertiary/aromatic N) is 1. The molecule has 1 heterocycles. The van der Waals surface area contributed by atoms with E-state index in [1.807, 2.05) is 13.1 Å². The highest BCUT2D eigenvalue weighted by atomic mass is 16.3. The van der Waals surface area contributed by atoms with Crippen LogP contribution in [0.1, 0.15) is 30.4 Å². The van der Waals surface area contributed by atoms with Gasteiger partial charge in [-0.15, -0.1) is 0 Å². The standard InChI is InChI=1S/C17H22N2O3/c1-19-5-4-16-8-11(15(18)21)9-17(16,22)14(19)6-10-2-3-12(20)7-13(10)16/h2-3,7,11,14,20,22H,4-6,8-9H2,1H3,(H2,18,21)/t11?,14-,16-,17-/m1/s1. The first-order chi connectivity index (χ1) is 10.4. The van der Waals surface area contributed by atoms with Gasteiger partial charge in [-0.2, -0.15) is 0 Å². The van der Waals surface area contributed by atoms with Gasteiger partial charge in [0.05, 0.1) is 5.60 Å². The molecular formula is C17H22N2O3. The summed E-state index contributed by atoms with van der Waals surface area (Å²) in [6.07, 6.45) is 2.54. The Kier molecular flexibility index (Phi) is 2.70. The predicted molar refractivity (Wildman–Crippen MR) is 81.4 cm³/mol. The second-order valence-electron chi connectivity index (χ2n) is 7.31. The number of piperidine rings is 1. The largest absolute Gasteiger partial charge is 0.508 e. The first-order valence-corrected chi connectivity index (χ1v) is 7.92. The molecule has 2 bridgehead atoms. The van der Waals surface area contributed by atoms with Crippen LogP contribution in [0.25, 0.3) is 0 Å². The Hall–Kier alpha value is -1.59. The number of aliphatic hydroxyl groups is 1. The van der Waals surface area contributed by atoms with E-state index in [1.54, 1.807) is 12.1 Å². The maximum Gasteiger partial charge on any atom is 0.220 e. The Morgan fingerprint density at radius 2 is 2.18 bits per heavy atom. The number of hydrogen-bond donors (Lipinski definition) is 3. The molecule has 4 rings (SSSR count). The first kappa shape index (κ1) is 14.0. The number of phenolic OH excluding ortho intramolecular Hbond substituents is 1. The number of likely N-dealkylation sites (N-methyl/N-ethyl adjacent to an activating group) is 1. The molecule has 5 nitrogen and oxygen atoms in total. The number of phenols is 1. The molecule has 0 spiro atoms. The van der Waals surface area contributed by atoms with Crippen LogP contribution in [-0.2, 0) is 16.6 Å². The van der Waals surface area contributed by atoms with Crippen LogP contribution in [0.5, 0.6) is 5.75 Å². The van der Waals surface area contributed by atoms with Crippen molar-refractivity contribution in [2.24, 2.45) is 11.7 Å². The smallest absolute Gasteiger partial charge is 0.220 e. The number of primary amides is 1. The monoisotopic (exact) mass is 302 g/mol. The van der Waals surface area contributed by atoms with E-state index >= 15 is 0 Å². The second kappa shape index (κ2) is 4.24. The van der Waals surface area contributed by atoms with Gasteiger partial charge in [-0.3, -0.25) is 4.79 Å². The summed E-state index contributed by atoms with van der Waals surface area (Å²) in [5, 5.41) is 21.5. The first-order valence-electron chi connectivity index (χ1n) is 7.92. The third-order valence-electron chi connectivity index (χ3n) is 6.38. The summed E-state index contributed by atoms with van der Waals surface area (Å²) in [6.45, 7) is 0.882. The zero-order valence-corrected chi connectivity index (χ0v) is 12.7. The fourth-order valence-corrected chi connectivity index (χ4v) is 5.30. The zero-order chi connectivity index (χ0) is 15.7. The molecule has 4 N–H and O–H groups in total.